The molecule has 0 aliphatic carbocycles. The number of hydrogen-bond donors (Lipinski definition) is 2. The van der Waals surface area contributed by atoms with E-state index in [2.05, 4.69) is 5.32 Å². The molecule has 7 heteroatoms. The number of carbonyl (C=O) groups is 2. The Bertz CT molecular complexity index is 649. The van der Waals surface area contributed by atoms with Crippen LogP contribution in [-0.2, 0) is 0 Å². The van der Waals surface area contributed by atoms with Crippen molar-refractivity contribution in [3.05, 3.63) is 29.6 Å². The molecule has 3 amide bonds. The zero-order chi connectivity index (χ0) is 17.3. The van der Waals surface area contributed by atoms with Crippen LogP contribution >= 0.6 is 0 Å². The van der Waals surface area contributed by atoms with Crippen molar-refractivity contribution in [2.75, 3.05) is 31.1 Å². The second-order valence-corrected chi connectivity index (χ2v) is 6.56. The van der Waals surface area contributed by atoms with Gasteiger partial charge in [0.15, 0.2) is 0 Å². The van der Waals surface area contributed by atoms with Crippen LogP contribution < -0.4 is 16.0 Å². The molecule has 2 saturated heterocycles. The van der Waals surface area contributed by atoms with Crippen molar-refractivity contribution >= 4 is 17.6 Å². The van der Waals surface area contributed by atoms with Crippen LogP contribution in [0.1, 0.15) is 30.1 Å². The predicted molar refractivity (Wildman–Crippen MR) is 89.4 cm³/mol. The molecule has 0 radical (unpaired) electrons. The van der Waals surface area contributed by atoms with Crippen molar-refractivity contribution < 1.29 is 14.0 Å². The summed E-state index contributed by atoms with van der Waals surface area (Å²) in [5, 5.41) is 2.70. The summed E-state index contributed by atoms with van der Waals surface area (Å²) in [5.41, 5.74) is 6.51. The van der Waals surface area contributed by atoms with Crippen molar-refractivity contribution in [3.63, 3.8) is 0 Å². The van der Waals surface area contributed by atoms with Crippen LogP contribution in [0, 0.1) is 11.7 Å². The third-order valence-electron chi connectivity index (χ3n) is 4.84. The van der Waals surface area contributed by atoms with Crippen molar-refractivity contribution in [3.8, 4) is 0 Å². The molecule has 130 valence electrons. The minimum Gasteiger partial charge on any atom is -0.338 e. The molecule has 2 aliphatic rings. The topological polar surface area (TPSA) is 78.7 Å². The highest BCUT2D eigenvalue weighted by Gasteiger charge is 2.29. The average Bonchev–Trinajstić information content (AvgIpc) is 3.01. The second-order valence-electron chi connectivity index (χ2n) is 6.56. The number of carbonyl (C=O) groups excluding carboxylic acids is 2. The third-order valence-corrected chi connectivity index (χ3v) is 4.84. The maximum atomic E-state index is 14.2. The predicted octanol–water partition coefficient (Wildman–Crippen LogP) is 1.55. The number of halogens is 1. The minimum atomic E-state index is -0.564. The molecule has 3 N–H and O–H groups in total. The van der Waals surface area contributed by atoms with Gasteiger partial charge in [0.1, 0.15) is 5.82 Å². The van der Waals surface area contributed by atoms with Gasteiger partial charge in [-0.25, -0.2) is 9.18 Å². The van der Waals surface area contributed by atoms with Gasteiger partial charge in [-0.3, -0.25) is 9.69 Å². The number of hydrogen-bond acceptors (Lipinski definition) is 3. The Kier molecular flexibility index (Phi) is 4.71. The zero-order valence-corrected chi connectivity index (χ0v) is 13.8. The maximum absolute atomic E-state index is 14.2. The van der Waals surface area contributed by atoms with Gasteiger partial charge in [0.25, 0.3) is 5.91 Å². The van der Waals surface area contributed by atoms with Gasteiger partial charge < -0.3 is 16.0 Å². The summed E-state index contributed by atoms with van der Waals surface area (Å²) in [7, 11) is 0. The van der Waals surface area contributed by atoms with E-state index in [9.17, 15) is 14.0 Å². The first-order valence-corrected chi connectivity index (χ1v) is 8.37. The minimum absolute atomic E-state index is 0.00470. The Morgan fingerprint density at radius 3 is 2.88 bits per heavy atom. The maximum Gasteiger partial charge on any atom is 0.321 e. The Morgan fingerprint density at radius 2 is 2.21 bits per heavy atom. The van der Waals surface area contributed by atoms with Crippen LogP contribution in [0.5, 0.6) is 0 Å². The van der Waals surface area contributed by atoms with Crippen LogP contribution in [0.2, 0.25) is 0 Å². The molecule has 2 fully saturated rings. The highest BCUT2D eigenvalue weighted by atomic mass is 19.1. The molecule has 2 atom stereocenters. The summed E-state index contributed by atoms with van der Waals surface area (Å²) in [6.45, 7) is 4.14. The van der Waals surface area contributed by atoms with Crippen molar-refractivity contribution in [2.45, 2.75) is 25.8 Å². The summed E-state index contributed by atoms with van der Waals surface area (Å²) < 4.78 is 14.2. The number of benzene rings is 1. The number of urea groups is 1. The Labute approximate surface area is 140 Å². The van der Waals surface area contributed by atoms with Crippen LogP contribution in [0.3, 0.4) is 0 Å². The van der Waals surface area contributed by atoms with E-state index in [1.165, 1.54) is 23.1 Å². The zero-order valence-electron chi connectivity index (χ0n) is 13.8. The molecule has 2 heterocycles. The lowest BCUT2D eigenvalue weighted by Crippen LogP contribution is -2.45. The molecule has 1 aromatic carbocycles. The van der Waals surface area contributed by atoms with Gasteiger partial charge in [0.05, 0.1) is 5.56 Å². The van der Waals surface area contributed by atoms with E-state index in [-0.39, 0.29) is 29.5 Å². The molecule has 1 aromatic rings. The van der Waals surface area contributed by atoms with Gasteiger partial charge in [-0.15, -0.1) is 0 Å². The largest absolute Gasteiger partial charge is 0.338 e. The number of nitrogens with two attached hydrogens (primary N) is 1. The molecule has 2 unspecified atom stereocenters. The monoisotopic (exact) mass is 334 g/mol. The summed E-state index contributed by atoms with van der Waals surface area (Å²) >= 11 is 0. The molecule has 0 bridgehead atoms. The molecular formula is C17H23FN4O2. The van der Waals surface area contributed by atoms with Crippen LogP contribution in [0.25, 0.3) is 0 Å². The molecule has 0 saturated carbocycles. The first kappa shape index (κ1) is 16.7. The van der Waals surface area contributed by atoms with Gasteiger partial charge in [-0.2, -0.15) is 0 Å². The van der Waals surface area contributed by atoms with E-state index in [4.69, 9.17) is 5.73 Å². The van der Waals surface area contributed by atoms with Crippen LogP contribution in [-0.4, -0.2) is 49.1 Å². The second kappa shape index (κ2) is 6.76. The number of likely N-dealkylation sites (tertiary alicyclic amines) is 1. The fourth-order valence-corrected chi connectivity index (χ4v) is 3.36. The quantitative estimate of drug-likeness (QED) is 0.880. The van der Waals surface area contributed by atoms with Gasteiger partial charge in [-0.1, -0.05) is 0 Å². The number of rotatable bonds is 3. The molecule has 2 aliphatic heterocycles. The van der Waals surface area contributed by atoms with E-state index in [1.54, 1.807) is 4.90 Å². The highest BCUT2D eigenvalue weighted by molar-refractivity contribution is 5.98. The number of anilines is 1. The fraction of sp³-hybridized carbons (Fsp3) is 0.529. The summed E-state index contributed by atoms with van der Waals surface area (Å²) in [6, 6.07) is 4.03. The first-order valence-electron chi connectivity index (χ1n) is 8.37. The third kappa shape index (κ3) is 3.21. The van der Waals surface area contributed by atoms with E-state index < -0.39 is 5.82 Å². The Balaban J connectivity index is 1.82. The Hall–Kier alpha value is -2.15. The average molecular weight is 334 g/mol. The van der Waals surface area contributed by atoms with Crippen molar-refractivity contribution in [2.24, 2.45) is 11.7 Å². The number of piperidine rings is 1. The van der Waals surface area contributed by atoms with Gasteiger partial charge in [0, 0.05) is 37.9 Å². The van der Waals surface area contributed by atoms with E-state index in [0.717, 1.165) is 12.8 Å². The molecule has 6 nitrogen and oxygen atoms in total. The SMILES string of the molecule is CC(N)C1CCCN(C(=O)c2cc(N3CCNC3=O)ccc2F)C1. The van der Waals surface area contributed by atoms with Gasteiger partial charge >= 0.3 is 6.03 Å². The molecular weight excluding hydrogens is 311 g/mol. The van der Waals surface area contributed by atoms with E-state index in [0.29, 0.717) is 31.9 Å². The molecule has 0 aromatic heterocycles. The number of nitrogens with one attached hydrogen (secondary N) is 1. The molecule has 0 spiro atoms. The van der Waals surface area contributed by atoms with Crippen LogP contribution in [0.4, 0.5) is 14.9 Å². The normalized spacial score (nSPS) is 22.5. The lowest BCUT2D eigenvalue weighted by atomic mass is 9.92. The van der Waals surface area contributed by atoms with Gasteiger partial charge in [-0.05, 0) is 43.9 Å². The highest BCUT2D eigenvalue weighted by Crippen LogP contribution is 2.25. The molecule has 3 rings (SSSR count). The van der Waals surface area contributed by atoms with E-state index >= 15 is 0 Å². The van der Waals surface area contributed by atoms with Gasteiger partial charge in [0.2, 0.25) is 0 Å². The lowest BCUT2D eigenvalue weighted by molar-refractivity contribution is 0.0656. The number of nitrogens with zero attached hydrogens (tertiary/aromatic N) is 2. The Morgan fingerprint density at radius 1 is 1.42 bits per heavy atom. The summed E-state index contributed by atoms with van der Waals surface area (Å²) in [5.74, 6) is -0.663. The van der Waals surface area contributed by atoms with Crippen molar-refractivity contribution in [1.29, 1.82) is 0 Å². The lowest BCUT2D eigenvalue weighted by Gasteiger charge is -2.34. The summed E-state index contributed by atoms with van der Waals surface area (Å²) in [4.78, 5) is 27.7. The first-order chi connectivity index (χ1) is 11.5. The number of amides is 3. The smallest absolute Gasteiger partial charge is 0.321 e. The fourth-order valence-electron chi connectivity index (χ4n) is 3.36. The van der Waals surface area contributed by atoms with E-state index in [1.807, 2.05) is 6.92 Å². The molecule has 24 heavy (non-hydrogen) atoms. The van der Waals surface area contributed by atoms with Crippen molar-refractivity contribution in [1.82, 2.24) is 10.2 Å². The summed E-state index contributed by atoms with van der Waals surface area (Å²) in [6.07, 6.45) is 1.85. The standard InChI is InChI=1S/C17H23FN4O2/c1-11(19)12-3-2-7-21(10-12)16(23)14-9-13(4-5-15(14)18)22-8-6-20-17(22)24/h4-5,9,11-12H,2-3,6-8,10,19H2,1H3,(H,20,24). The van der Waals surface area contributed by atoms with Crippen LogP contribution in [0.15, 0.2) is 18.2 Å².